The van der Waals surface area contributed by atoms with Crippen molar-refractivity contribution in [2.75, 3.05) is 0 Å². The lowest BCUT2D eigenvalue weighted by molar-refractivity contribution is 0.112. The fraction of sp³-hybridized carbons (Fsp3) is 0.182. The Kier molecular flexibility index (Phi) is 5.38. The average Bonchev–Trinajstić information content (AvgIpc) is 2.21. The quantitative estimate of drug-likeness (QED) is 0.455. The molecule has 0 aliphatic carbocycles. The summed E-state index contributed by atoms with van der Waals surface area (Å²) in [6.07, 6.45) is 5.89. The molecule has 1 rings (SSSR count). The summed E-state index contributed by atoms with van der Waals surface area (Å²) in [4.78, 5) is 10.2. The first kappa shape index (κ1) is 10.4. The molecular weight excluding hydrogens is 148 g/mol. The minimum atomic E-state index is 0.652. The van der Waals surface area contributed by atoms with Crippen LogP contribution in [0.3, 0.4) is 0 Å². The second-order valence-electron chi connectivity index (χ2n) is 1.88. The first-order valence-electron chi connectivity index (χ1n) is 3.88. The van der Waals surface area contributed by atoms with E-state index in [0.717, 1.165) is 11.8 Å². The zero-order chi connectivity index (χ0) is 9.40. The molecule has 0 aromatic heterocycles. The molecule has 0 heterocycles. The third kappa shape index (κ3) is 3.03. The molecule has 0 unspecified atom stereocenters. The van der Waals surface area contributed by atoms with E-state index < -0.39 is 0 Å². The van der Waals surface area contributed by atoms with Crippen molar-refractivity contribution < 1.29 is 4.79 Å². The van der Waals surface area contributed by atoms with Gasteiger partial charge in [0, 0.05) is 11.1 Å². The van der Waals surface area contributed by atoms with Crippen LogP contribution in [0.2, 0.25) is 0 Å². The van der Waals surface area contributed by atoms with Gasteiger partial charge in [-0.05, 0) is 12.1 Å². The Labute approximate surface area is 73.4 Å². The van der Waals surface area contributed by atoms with E-state index in [1.807, 2.05) is 13.8 Å². The van der Waals surface area contributed by atoms with Gasteiger partial charge < -0.3 is 0 Å². The molecule has 0 saturated carbocycles. The van der Waals surface area contributed by atoms with Gasteiger partial charge in [-0.25, -0.2) is 0 Å². The summed E-state index contributed by atoms with van der Waals surface area (Å²) < 4.78 is 0. The Hall–Kier alpha value is -1.55. The van der Waals surface area contributed by atoms with Crippen molar-refractivity contribution in [1.82, 2.24) is 0 Å². The fourth-order valence-electron chi connectivity index (χ4n) is 0.658. The van der Waals surface area contributed by atoms with E-state index in [0.29, 0.717) is 5.56 Å². The number of rotatable bonds is 1. The summed E-state index contributed by atoms with van der Waals surface area (Å²) >= 11 is 0. The highest BCUT2D eigenvalue weighted by atomic mass is 16.1. The topological polar surface area (TPSA) is 17.1 Å². The van der Waals surface area contributed by atoms with Crippen molar-refractivity contribution in [3.05, 3.63) is 35.4 Å². The van der Waals surface area contributed by atoms with Crippen molar-refractivity contribution in [3.63, 3.8) is 0 Å². The first-order valence-corrected chi connectivity index (χ1v) is 3.88. The lowest BCUT2D eigenvalue weighted by Gasteiger charge is -1.88. The molecule has 0 spiro atoms. The normalized spacial score (nSPS) is 7.42. The highest BCUT2D eigenvalue weighted by Crippen LogP contribution is 1.99. The van der Waals surface area contributed by atoms with Crippen LogP contribution in [0.1, 0.15) is 29.8 Å². The van der Waals surface area contributed by atoms with Gasteiger partial charge in [0.1, 0.15) is 6.29 Å². The molecule has 0 aliphatic rings. The number of benzene rings is 1. The lowest BCUT2D eigenvalue weighted by Crippen LogP contribution is -1.78. The maximum atomic E-state index is 10.2. The SMILES string of the molecule is C#Cc1ccc(C=O)cc1.CC. The van der Waals surface area contributed by atoms with E-state index in [1.54, 1.807) is 24.3 Å². The standard InChI is InChI=1S/C9H6O.C2H6/c1-2-8-3-5-9(7-10)6-4-8;1-2/h1,3-7H;1-2H3. The van der Waals surface area contributed by atoms with Crippen LogP contribution in [0.25, 0.3) is 0 Å². The maximum Gasteiger partial charge on any atom is 0.150 e. The minimum absolute atomic E-state index is 0.652. The summed E-state index contributed by atoms with van der Waals surface area (Å²) in [7, 11) is 0. The molecule has 62 valence electrons. The van der Waals surface area contributed by atoms with Crippen LogP contribution in [0.15, 0.2) is 24.3 Å². The predicted molar refractivity (Wildman–Crippen MR) is 51.1 cm³/mol. The van der Waals surface area contributed by atoms with Gasteiger partial charge in [0.05, 0.1) is 0 Å². The molecule has 0 amide bonds. The molecule has 1 aromatic rings. The van der Waals surface area contributed by atoms with E-state index in [2.05, 4.69) is 5.92 Å². The zero-order valence-corrected chi connectivity index (χ0v) is 7.37. The Bertz CT molecular complexity index is 264. The molecule has 1 aromatic carbocycles. The van der Waals surface area contributed by atoms with Crippen molar-refractivity contribution in [2.45, 2.75) is 13.8 Å². The van der Waals surface area contributed by atoms with Crippen LogP contribution >= 0.6 is 0 Å². The van der Waals surface area contributed by atoms with Gasteiger partial charge in [-0.3, -0.25) is 4.79 Å². The molecule has 0 N–H and O–H groups in total. The number of carbonyl (C=O) groups excluding carboxylic acids is 1. The summed E-state index contributed by atoms with van der Waals surface area (Å²) in [5.74, 6) is 2.46. The molecule has 0 saturated heterocycles. The third-order valence-electron chi connectivity index (χ3n) is 1.21. The summed E-state index contributed by atoms with van der Waals surface area (Å²) in [6, 6.07) is 6.87. The monoisotopic (exact) mass is 160 g/mol. The number of hydrogen-bond donors (Lipinski definition) is 0. The Balaban J connectivity index is 0.000000561. The van der Waals surface area contributed by atoms with Crippen molar-refractivity contribution in [2.24, 2.45) is 0 Å². The van der Waals surface area contributed by atoms with Gasteiger partial charge >= 0.3 is 0 Å². The molecule has 12 heavy (non-hydrogen) atoms. The van der Waals surface area contributed by atoms with Crippen LogP contribution in [-0.2, 0) is 0 Å². The number of terminal acetylenes is 1. The predicted octanol–water partition coefficient (Wildman–Crippen LogP) is 2.51. The molecule has 0 radical (unpaired) electrons. The van der Waals surface area contributed by atoms with Gasteiger partial charge in [-0.1, -0.05) is 31.9 Å². The molecule has 0 fully saturated rings. The molecular formula is C11H12O. The van der Waals surface area contributed by atoms with E-state index in [1.165, 1.54) is 0 Å². The lowest BCUT2D eigenvalue weighted by atomic mass is 10.2. The second kappa shape index (κ2) is 6.18. The molecule has 1 nitrogen and oxygen atoms in total. The van der Waals surface area contributed by atoms with Crippen LogP contribution in [-0.4, -0.2) is 6.29 Å². The van der Waals surface area contributed by atoms with Gasteiger partial charge in [0.25, 0.3) is 0 Å². The van der Waals surface area contributed by atoms with E-state index >= 15 is 0 Å². The van der Waals surface area contributed by atoms with Crippen LogP contribution in [0, 0.1) is 12.3 Å². The van der Waals surface area contributed by atoms with Gasteiger partial charge in [0.15, 0.2) is 0 Å². The molecule has 1 heteroatoms. The average molecular weight is 160 g/mol. The van der Waals surface area contributed by atoms with Crippen molar-refractivity contribution in [3.8, 4) is 12.3 Å². The Morgan fingerprint density at radius 2 is 1.75 bits per heavy atom. The largest absolute Gasteiger partial charge is 0.298 e. The van der Waals surface area contributed by atoms with Crippen LogP contribution in [0.5, 0.6) is 0 Å². The minimum Gasteiger partial charge on any atom is -0.298 e. The highest BCUT2D eigenvalue weighted by Gasteiger charge is 1.87. The molecule has 0 bridgehead atoms. The Morgan fingerprint density at radius 1 is 1.25 bits per heavy atom. The first-order chi connectivity index (χ1) is 5.86. The van der Waals surface area contributed by atoms with Gasteiger partial charge in [-0.15, -0.1) is 6.42 Å². The van der Waals surface area contributed by atoms with Gasteiger partial charge in [-0.2, -0.15) is 0 Å². The summed E-state index contributed by atoms with van der Waals surface area (Å²) in [6.45, 7) is 4.00. The smallest absolute Gasteiger partial charge is 0.150 e. The summed E-state index contributed by atoms with van der Waals surface area (Å²) in [5, 5.41) is 0. The number of carbonyl (C=O) groups is 1. The zero-order valence-electron chi connectivity index (χ0n) is 7.37. The maximum absolute atomic E-state index is 10.2. The van der Waals surface area contributed by atoms with Gasteiger partial charge in [0.2, 0.25) is 0 Å². The number of aldehydes is 1. The van der Waals surface area contributed by atoms with Crippen molar-refractivity contribution in [1.29, 1.82) is 0 Å². The molecule has 0 atom stereocenters. The van der Waals surface area contributed by atoms with E-state index in [-0.39, 0.29) is 0 Å². The fourth-order valence-corrected chi connectivity index (χ4v) is 0.658. The van der Waals surface area contributed by atoms with Crippen LogP contribution < -0.4 is 0 Å². The highest BCUT2D eigenvalue weighted by molar-refractivity contribution is 5.74. The Morgan fingerprint density at radius 3 is 2.08 bits per heavy atom. The molecule has 0 aliphatic heterocycles. The van der Waals surface area contributed by atoms with E-state index in [4.69, 9.17) is 6.42 Å². The van der Waals surface area contributed by atoms with Crippen molar-refractivity contribution >= 4 is 6.29 Å². The third-order valence-corrected chi connectivity index (χ3v) is 1.21. The summed E-state index contributed by atoms with van der Waals surface area (Å²) in [5.41, 5.74) is 1.45. The second-order valence-corrected chi connectivity index (χ2v) is 1.88. The van der Waals surface area contributed by atoms with E-state index in [9.17, 15) is 4.79 Å². The van der Waals surface area contributed by atoms with Crippen LogP contribution in [0.4, 0.5) is 0 Å². The number of hydrogen-bond acceptors (Lipinski definition) is 1.